The van der Waals surface area contributed by atoms with E-state index >= 15 is 0 Å². The molecule has 0 radical (unpaired) electrons. The van der Waals surface area contributed by atoms with Crippen molar-refractivity contribution in [3.63, 3.8) is 0 Å². The smallest absolute Gasteiger partial charge is 0.410 e. The van der Waals surface area contributed by atoms with Gasteiger partial charge in [-0.15, -0.1) is 0 Å². The molecule has 5 nitrogen and oxygen atoms in total. The van der Waals surface area contributed by atoms with E-state index in [2.05, 4.69) is 12.2 Å². The van der Waals surface area contributed by atoms with E-state index in [1.165, 1.54) is 0 Å². The van der Waals surface area contributed by atoms with E-state index < -0.39 is 11.2 Å². The highest BCUT2D eigenvalue weighted by atomic mass is 16.6. The summed E-state index contributed by atoms with van der Waals surface area (Å²) in [6.07, 6.45) is 1.48. The van der Waals surface area contributed by atoms with E-state index in [4.69, 9.17) is 4.74 Å². The first-order valence-electron chi connectivity index (χ1n) is 7.06. The van der Waals surface area contributed by atoms with Crippen molar-refractivity contribution in [3.8, 4) is 0 Å². The van der Waals surface area contributed by atoms with Gasteiger partial charge in [-0.05, 0) is 34.1 Å². The summed E-state index contributed by atoms with van der Waals surface area (Å²) >= 11 is 0. The molecule has 0 saturated carbocycles. The quantitative estimate of drug-likeness (QED) is 0.800. The monoisotopic (exact) mass is 272 g/mol. The summed E-state index contributed by atoms with van der Waals surface area (Å²) in [5, 5.41) is 13.3. The highest BCUT2D eigenvalue weighted by Gasteiger charge is 2.34. The first-order chi connectivity index (χ1) is 8.63. The Hall–Kier alpha value is -0.810. The molecule has 1 aliphatic rings. The number of nitrogens with zero attached hydrogens (tertiary/aromatic N) is 1. The van der Waals surface area contributed by atoms with Crippen LogP contribution < -0.4 is 5.32 Å². The third-order valence-corrected chi connectivity index (χ3v) is 3.09. The summed E-state index contributed by atoms with van der Waals surface area (Å²) in [4.78, 5) is 13.4. The largest absolute Gasteiger partial charge is 0.444 e. The highest BCUT2D eigenvalue weighted by molar-refractivity contribution is 5.69. The van der Waals surface area contributed by atoms with Gasteiger partial charge in [0.05, 0.1) is 5.60 Å². The van der Waals surface area contributed by atoms with Gasteiger partial charge < -0.3 is 20.1 Å². The third-order valence-electron chi connectivity index (χ3n) is 3.09. The maximum Gasteiger partial charge on any atom is 0.410 e. The molecule has 1 heterocycles. The average Bonchev–Trinajstić information content (AvgIpc) is 2.11. The SMILES string of the molecule is CCCC(C)(O)CNC1CN(C(=O)OC(C)(C)C)C1. The maximum atomic E-state index is 11.7. The van der Waals surface area contributed by atoms with Gasteiger partial charge in [-0.1, -0.05) is 13.3 Å². The Bertz CT molecular complexity index is 304. The van der Waals surface area contributed by atoms with Crippen molar-refractivity contribution in [1.29, 1.82) is 0 Å². The highest BCUT2D eigenvalue weighted by Crippen LogP contribution is 2.16. The number of rotatable bonds is 5. The second-order valence-corrected chi connectivity index (χ2v) is 6.71. The normalized spacial score (nSPS) is 19.8. The van der Waals surface area contributed by atoms with Crippen molar-refractivity contribution in [2.75, 3.05) is 19.6 Å². The van der Waals surface area contributed by atoms with E-state index in [9.17, 15) is 9.90 Å². The van der Waals surface area contributed by atoms with E-state index in [1.54, 1.807) is 4.90 Å². The molecule has 1 atom stereocenters. The summed E-state index contributed by atoms with van der Waals surface area (Å²) in [5.74, 6) is 0. The molecule has 0 bridgehead atoms. The molecule has 0 aromatic heterocycles. The van der Waals surface area contributed by atoms with Crippen LogP contribution in [0.25, 0.3) is 0 Å². The maximum absolute atomic E-state index is 11.7. The number of hydrogen-bond acceptors (Lipinski definition) is 4. The number of ether oxygens (including phenoxy) is 1. The van der Waals surface area contributed by atoms with Crippen LogP contribution in [-0.2, 0) is 4.74 Å². The predicted octanol–water partition coefficient (Wildman–Crippen LogP) is 1.75. The van der Waals surface area contributed by atoms with Gasteiger partial charge in [0.2, 0.25) is 0 Å². The Labute approximate surface area is 116 Å². The van der Waals surface area contributed by atoms with Gasteiger partial charge in [0, 0.05) is 25.7 Å². The molecule has 2 N–H and O–H groups in total. The summed E-state index contributed by atoms with van der Waals surface area (Å²) < 4.78 is 5.28. The van der Waals surface area contributed by atoms with Crippen LogP contribution in [0.5, 0.6) is 0 Å². The number of hydrogen-bond donors (Lipinski definition) is 2. The van der Waals surface area contributed by atoms with Crippen molar-refractivity contribution in [2.24, 2.45) is 0 Å². The topological polar surface area (TPSA) is 61.8 Å². The fourth-order valence-corrected chi connectivity index (χ4v) is 2.07. The Kier molecular flexibility index (Phi) is 5.21. The van der Waals surface area contributed by atoms with Crippen LogP contribution in [0.3, 0.4) is 0 Å². The summed E-state index contributed by atoms with van der Waals surface area (Å²) in [5.41, 5.74) is -1.11. The van der Waals surface area contributed by atoms with Crippen LogP contribution in [0.15, 0.2) is 0 Å². The fraction of sp³-hybridized carbons (Fsp3) is 0.929. The van der Waals surface area contributed by atoms with Gasteiger partial charge in [0.15, 0.2) is 0 Å². The van der Waals surface area contributed by atoms with Crippen molar-refractivity contribution < 1.29 is 14.6 Å². The summed E-state index contributed by atoms with van der Waals surface area (Å²) in [7, 11) is 0. The molecule has 1 rings (SSSR count). The summed E-state index contributed by atoms with van der Waals surface area (Å²) in [6.45, 7) is 11.4. The molecule has 1 fully saturated rings. The van der Waals surface area contributed by atoms with Gasteiger partial charge in [0.25, 0.3) is 0 Å². The van der Waals surface area contributed by atoms with Crippen LogP contribution in [0.1, 0.15) is 47.5 Å². The first-order valence-corrected chi connectivity index (χ1v) is 7.06. The van der Waals surface area contributed by atoms with Crippen molar-refractivity contribution >= 4 is 6.09 Å². The van der Waals surface area contributed by atoms with Crippen molar-refractivity contribution in [3.05, 3.63) is 0 Å². The molecule has 1 amide bonds. The van der Waals surface area contributed by atoms with Crippen LogP contribution >= 0.6 is 0 Å². The third kappa shape index (κ3) is 5.78. The lowest BCUT2D eigenvalue weighted by Gasteiger charge is -2.41. The average molecular weight is 272 g/mol. The van der Waals surface area contributed by atoms with Gasteiger partial charge in [-0.3, -0.25) is 0 Å². The van der Waals surface area contributed by atoms with E-state index in [0.717, 1.165) is 12.8 Å². The molecular weight excluding hydrogens is 244 g/mol. The van der Waals surface area contributed by atoms with Gasteiger partial charge in [-0.25, -0.2) is 4.79 Å². The van der Waals surface area contributed by atoms with E-state index in [1.807, 2.05) is 27.7 Å². The lowest BCUT2D eigenvalue weighted by Crippen LogP contribution is -2.62. The van der Waals surface area contributed by atoms with Crippen LogP contribution in [0, 0.1) is 0 Å². The molecule has 1 aliphatic heterocycles. The van der Waals surface area contributed by atoms with Crippen LogP contribution in [0.2, 0.25) is 0 Å². The number of carbonyl (C=O) groups excluding carboxylic acids is 1. The summed E-state index contributed by atoms with van der Waals surface area (Å²) in [6, 6.07) is 0.260. The Morgan fingerprint density at radius 1 is 1.37 bits per heavy atom. The molecular formula is C14H28N2O3. The minimum Gasteiger partial charge on any atom is -0.444 e. The lowest BCUT2D eigenvalue weighted by molar-refractivity contribution is -0.000401. The molecule has 112 valence electrons. The van der Waals surface area contributed by atoms with E-state index in [0.29, 0.717) is 19.6 Å². The van der Waals surface area contributed by atoms with E-state index in [-0.39, 0.29) is 12.1 Å². The van der Waals surface area contributed by atoms with Gasteiger partial charge in [-0.2, -0.15) is 0 Å². The van der Waals surface area contributed by atoms with Crippen molar-refractivity contribution in [1.82, 2.24) is 10.2 Å². The number of amides is 1. The zero-order valence-electron chi connectivity index (χ0n) is 12.8. The molecule has 19 heavy (non-hydrogen) atoms. The molecule has 1 unspecified atom stereocenters. The second kappa shape index (κ2) is 6.09. The molecule has 0 aliphatic carbocycles. The zero-order valence-corrected chi connectivity index (χ0v) is 12.8. The van der Waals surface area contributed by atoms with Gasteiger partial charge in [0.1, 0.15) is 5.60 Å². The number of carbonyl (C=O) groups is 1. The zero-order chi connectivity index (χ0) is 14.7. The number of likely N-dealkylation sites (tertiary alicyclic amines) is 1. The number of aliphatic hydroxyl groups is 1. The molecule has 0 aromatic rings. The fourth-order valence-electron chi connectivity index (χ4n) is 2.07. The minimum absolute atomic E-state index is 0.258. The predicted molar refractivity (Wildman–Crippen MR) is 75.1 cm³/mol. The Balaban J connectivity index is 2.22. The minimum atomic E-state index is -0.666. The molecule has 0 aromatic carbocycles. The van der Waals surface area contributed by atoms with Crippen LogP contribution in [0.4, 0.5) is 4.79 Å². The number of nitrogens with one attached hydrogen (secondary N) is 1. The van der Waals surface area contributed by atoms with Gasteiger partial charge >= 0.3 is 6.09 Å². The van der Waals surface area contributed by atoms with Crippen LogP contribution in [-0.4, -0.2) is 53.0 Å². The molecule has 1 saturated heterocycles. The second-order valence-electron chi connectivity index (χ2n) is 6.71. The molecule has 5 heteroatoms. The Morgan fingerprint density at radius 2 is 1.95 bits per heavy atom. The first kappa shape index (κ1) is 16.2. The van der Waals surface area contributed by atoms with Crippen molar-refractivity contribution in [2.45, 2.75) is 64.7 Å². The molecule has 0 spiro atoms. The lowest BCUT2D eigenvalue weighted by atomic mass is 9.99. The standard InChI is InChI=1S/C14H28N2O3/c1-6-7-14(5,18)10-15-11-8-16(9-11)12(17)19-13(2,3)4/h11,15,18H,6-10H2,1-5H3. The Morgan fingerprint density at radius 3 is 2.42 bits per heavy atom.